The van der Waals surface area contributed by atoms with Gasteiger partial charge in [-0.15, -0.1) is 0 Å². The number of hydrogen-bond donors (Lipinski definition) is 1. The largest absolute Gasteiger partial charge is 0.490 e. The Balaban J connectivity index is 1.84. The first-order chi connectivity index (χ1) is 10.2. The molecule has 3 rings (SSSR count). The third-order valence-corrected chi connectivity index (χ3v) is 4.67. The lowest BCUT2D eigenvalue weighted by Crippen LogP contribution is -2.35. The molecule has 0 bridgehead atoms. The van der Waals surface area contributed by atoms with E-state index in [9.17, 15) is 0 Å². The molecule has 3 heteroatoms. The topological polar surface area (TPSA) is 30.5 Å². The summed E-state index contributed by atoms with van der Waals surface area (Å²) < 4.78 is 11.8. The zero-order chi connectivity index (χ0) is 14.8. The highest BCUT2D eigenvalue weighted by Gasteiger charge is 2.33. The van der Waals surface area contributed by atoms with Gasteiger partial charge in [0, 0.05) is 13.0 Å². The summed E-state index contributed by atoms with van der Waals surface area (Å²) in [4.78, 5) is 0. The minimum Gasteiger partial charge on any atom is -0.490 e. The van der Waals surface area contributed by atoms with Gasteiger partial charge in [-0.1, -0.05) is 26.0 Å². The summed E-state index contributed by atoms with van der Waals surface area (Å²) in [5.41, 5.74) is 2.69. The first kappa shape index (κ1) is 14.9. The monoisotopic (exact) mass is 289 g/mol. The van der Waals surface area contributed by atoms with Crippen LogP contribution in [-0.2, 0) is 11.2 Å². The van der Waals surface area contributed by atoms with E-state index in [1.165, 1.54) is 17.5 Å². The zero-order valence-electron chi connectivity index (χ0n) is 13.4. The summed E-state index contributed by atoms with van der Waals surface area (Å²) in [6, 6.07) is 6.96. The van der Waals surface area contributed by atoms with Crippen LogP contribution in [0.4, 0.5) is 0 Å². The number of fused-ring (bicyclic) bond motifs is 1. The van der Waals surface area contributed by atoms with Crippen LogP contribution in [0, 0.1) is 5.92 Å². The van der Waals surface area contributed by atoms with E-state index in [-0.39, 0.29) is 6.10 Å². The Hall–Kier alpha value is -1.06. The third kappa shape index (κ3) is 3.09. The number of benzene rings is 1. The van der Waals surface area contributed by atoms with Gasteiger partial charge in [-0.05, 0) is 49.4 Å². The molecular weight excluding hydrogens is 262 g/mol. The fourth-order valence-electron chi connectivity index (χ4n) is 3.50. The predicted octanol–water partition coefficient (Wildman–Crippen LogP) is 3.48. The van der Waals surface area contributed by atoms with E-state index in [1.807, 2.05) is 0 Å². The van der Waals surface area contributed by atoms with Crippen LogP contribution >= 0.6 is 0 Å². The van der Waals surface area contributed by atoms with E-state index >= 15 is 0 Å². The highest BCUT2D eigenvalue weighted by Crippen LogP contribution is 2.35. The van der Waals surface area contributed by atoms with Crippen molar-refractivity contribution in [2.24, 2.45) is 5.92 Å². The van der Waals surface area contributed by atoms with E-state index in [0.29, 0.717) is 18.1 Å². The molecule has 21 heavy (non-hydrogen) atoms. The molecule has 1 aromatic carbocycles. The van der Waals surface area contributed by atoms with E-state index in [1.54, 1.807) is 0 Å². The van der Waals surface area contributed by atoms with Crippen LogP contribution in [-0.4, -0.2) is 25.4 Å². The Morgan fingerprint density at radius 3 is 2.90 bits per heavy atom. The van der Waals surface area contributed by atoms with Gasteiger partial charge in [-0.2, -0.15) is 0 Å². The summed E-state index contributed by atoms with van der Waals surface area (Å²) in [6.07, 6.45) is 3.92. The van der Waals surface area contributed by atoms with E-state index in [0.717, 1.165) is 31.7 Å². The maximum absolute atomic E-state index is 6.03. The third-order valence-electron chi connectivity index (χ3n) is 4.67. The Morgan fingerprint density at radius 1 is 1.33 bits per heavy atom. The molecule has 1 aromatic rings. The molecule has 2 heterocycles. The summed E-state index contributed by atoms with van der Waals surface area (Å²) in [5, 5.41) is 3.69. The molecule has 1 saturated heterocycles. The lowest BCUT2D eigenvalue weighted by Gasteiger charge is -2.28. The van der Waals surface area contributed by atoms with Gasteiger partial charge in [0.25, 0.3) is 0 Å². The van der Waals surface area contributed by atoms with Crippen molar-refractivity contribution in [1.29, 1.82) is 0 Å². The highest BCUT2D eigenvalue weighted by molar-refractivity contribution is 5.42. The Morgan fingerprint density at radius 2 is 2.19 bits per heavy atom. The second-order valence-electron chi connectivity index (χ2n) is 6.53. The molecule has 0 spiro atoms. The molecule has 2 aliphatic heterocycles. The molecule has 116 valence electrons. The average Bonchev–Trinajstić information content (AvgIpc) is 3.04. The lowest BCUT2D eigenvalue weighted by molar-refractivity contribution is 0.0607. The maximum atomic E-state index is 6.03. The van der Waals surface area contributed by atoms with Crippen LogP contribution in [0.15, 0.2) is 18.2 Å². The van der Waals surface area contributed by atoms with Gasteiger partial charge in [-0.3, -0.25) is 0 Å². The Labute approximate surface area is 128 Å². The second-order valence-corrected chi connectivity index (χ2v) is 6.53. The smallest absolute Gasteiger partial charge is 0.123 e. The molecule has 4 atom stereocenters. The van der Waals surface area contributed by atoms with Gasteiger partial charge in [0.2, 0.25) is 0 Å². The molecule has 2 aliphatic rings. The van der Waals surface area contributed by atoms with Crippen LogP contribution in [0.1, 0.15) is 50.8 Å². The van der Waals surface area contributed by atoms with Gasteiger partial charge >= 0.3 is 0 Å². The average molecular weight is 289 g/mol. The van der Waals surface area contributed by atoms with Gasteiger partial charge in [0.05, 0.1) is 12.1 Å². The number of ether oxygens (including phenoxy) is 2. The predicted molar refractivity (Wildman–Crippen MR) is 84.8 cm³/mol. The van der Waals surface area contributed by atoms with Gasteiger partial charge in [0.1, 0.15) is 11.9 Å². The maximum Gasteiger partial charge on any atom is 0.123 e. The van der Waals surface area contributed by atoms with Crippen molar-refractivity contribution in [3.8, 4) is 5.75 Å². The summed E-state index contributed by atoms with van der Waals surface area (Å²) in [5.74, 6) is 1.67. The van der Waals surface area contributed by atoms with Crippen LogP contribution < -0.4 is 10.1 Å². The molecule has 0 radical (unpaired) electrons. The fraction of sp³-hybridized carbons (Fsp3) is 0.667. The first-order valence-corrected chi connectivity index (χ1v) is 8.33. The van der Waals surface area contributed by atoms with Crippen LogP contribution in [0.5, 0.6) is 5.75 Å². The van der Waals surface area contributed by atoms with Crippen molar-refractivity contribution in [2.45, 2.75) is 58.3 Å². The second kappa shape index (κ2) is 6.37. The van der Waals surface area contributed by atoms with Crippen molar-refractivity contribution < 1.29 is 9.47 Å². The lowest BCUT2D eigenvalue weighted by atomic mass is 9.91. The van der Waals surface area contributed by atoms with Crippen LogP contribution in [0.3, 0.4) is 0 Å². The molecule has 0 amide bonds. The van der Waals surface area contributed by atoms with Crippen molar-refractivity contribution in [3.63, 3.8) is 0 Å². The molecule has 1 N–H and O–H groups in total. The zero-order valence-corrected chi connectivity index (χ0v) is 13.4. The minimum absolute atomic E-state index is 0.286. The number of rotatable bonds is 5. The normalized spacial score (nSPS) is 29.2. The molecular formula is C18H27NO2. The standard InChI is InChI=1S/C18H27NO2/c1-4-8-19-17(18-12(2)7-9-20-18)14-5-6-16-15(11-14)10-13(3)21-16/h5-6,11-13,17-19H,4,7-10H2,1-3H3. The van der Waals surface area contributed by atoms with Gasteiger partial charge in [-0.25, -0.2) is 0 Å². The van der Waals surface area contributed by atoms with E-state index in [2.05, 4.69) is 44.3 Å². The van der Waals surface area contributed by atoms with E-state index < -0.39 is 0 Å². The Kier molecular flexibility index (Phi) is 4.51. The Bertz CT molecular complexity index is 488. The number of nitrogens with one attached hydrogen (secondary N) is 1. The van der Waals surface area contributed by atoms with Crippen molar-refractivity contribution >= 4 is 0 Å². The SMILES string of the molecule is CCCNC(c1ccc2c(c1)CC(C)O2)C1OCCC1C. The molecule has 1 fully saturated rings. The van der Waals surface area contributed by atoms with Gasteiger partial charge < -0.3 is 14.8 Å². The minimum atomic E-state index is 0.286. The van der Waals surface area contributed by atoms with Crippen molar-refractivity contribution in [3.05, 3.63) is 29.3 Å². The van der Waals surface area contributed by atoms with Crippen molar-refractivity contribution in [2.75, 3.05) is 13.2 Å². The summed E-state index contributed by atoms with van der Waals surface area (Å²) in [6.45, 7) is 8.56. The molecule has 0 aromatic heterocycles. The molecule has 3 nitrogen and oxygen atoms in total. The first-order valence-electron chi connectivity index (χ1n) is 8.33. The van der Waals surface area contributed by atoms with Crippen molar-refractivity contribution in [1.82, 2.24) is 5.32 Å². The summed E-state index contributed by atoms with van der Waals surface area (Å²) in [7, 11) is 0. The van der Waals surface area contributed by atoms with Crippen LogP contribution in [0.25, 0.3) is 0 Å². The number of hydrogen-bond acceptors (Lipinski definition) is 3. The fourth-order valence-corrected chi connectivity index (χ4v) is 3.50. The molecule has 4 unspecified atom stereocenters. The summed E-state index contributed by atoms with van der Waals surface area (Å²) >= 11 is 0. The molecule has 0 saturated carbocycles. The van der Waals surface area contributed by atoms with E-state index in [4.69, 9.17) is 9.47 Å². The molecule has 0 aliphatic carbocycles. The quantitative estimate of drug-likeness (QED) is 0.900. The van der Waals surface area contributed by atoms with Gasteiger partial charge in [0.15, 0.2) is 0 Å². The van der Waals surface area contributed by atoms with Crippen LogP contribution in [0.2, 0.25) is 0 Å². The highest BCUT2D eigenvalue weighted by atomic mass is 16.5.